The van der Waals surface area contributed by atoms with Gasteiger partial charge in [-0.1, -0.05) is 6.07 Å². The molecular weight excluding hydrogens is 580 g/mol. The number of fused-ring (bicyclic) bond motifs is 1. The Morgan fingerprint density at radius 2 is 1.21 bits per heavy atom. The molecule has 2 aromatic carbocycles. The molecule has 1 unspecified atom stereocenters. The Balaban J connectivity index is 1.48. The van der Waals surface area contributed by atoms with Crippen LogP contribution in [0.25, 0.3) is 6.08 Å². The summed E-state index contributed by atoms with van der Waals surface area (Å²) in [5, 5.41) is 111. The molecule has 11 N–H and O–H groups in total. The van der Waals surface area contributed by atoms with E-state index in [1.165, 1.54) is 24.3 Å². The maximum absolute atomic E-state index is 10.8. The molecule has 5 rings (SSSR count). The van der Waals surface area contributed by atoms with E-state index < -0.39 is 98.0 Å². The summed E-state index contributed by atoms with van der Waals surface area (Å²) in [7, 11) is 0. The molecule has 3 heterocycles. The van der Waals surface area contributed by atoms with Gasteiger partial charge in [0.2, 0.25) is 12.6 Å². The van der Waals surface area contributed by atoms with E-state index in [1.54, 1.807) is 0 Å². The van der Waals surface area contributed by atoms with Crippen molar-refractivity contribution in [1.29, 1.82) is 0 Å². The summed E-state index contributed by atoms with van der Waals surface area (Å²) >= 11 is 0. The van der Waals surface area contributed by atoms with E-state index >= 15 is 0 Å². The van der Waals surface area contributed by atoms with Crippen LogP contribution in [0.15, 0.2) is 36.1 Å². The Morgan fingerprint density at radius 1 is 0.628 bits per heavy atom. The van der Waals surface area contributed by atoms with Gasteiger partial charge in [-0.15, -0.1) is 0 Å². The minimum atomic E-state index is -1.78. The lowest BCUT2D eigenvalue weighted by atomic mass is 9.98. The van der Waals surface area contributed by atoms with Crippen molar-refractivity contribution < 1.29 is 79.9 Å². The van der Waals surface area contributed by atoms with E-state index in [9.17, 15) is 56.2 Å². The number of ether oxygens (including phenoxy) is 5. The minimum absolute atomic E-state index is 0.0278. The van der Waals surface area contributed by atoms with Gasteiger partial charge in [0.05, 0.1) is 18.8 Å². The van der Waals surface area contributed by atoms with Crippen LogP contribution in [0.2, 0.25) is 0 Å². The average molecular weight is 613 g/mol. The first-order valence-corrected chi connectivity index (χ1v) is 13.1. The molecule has 0 radical (unpaired) electrons. The summed E-state index contributed by atoms with van der Waals surface area (Å²) in [4.78, 5) is 0. The first-order valence-electron chi connectivity index (χ1n) is 13.1. The molecule has 16 nitrogen and oxygen atoms in total. The lowest BCUT2D eigenvalue weighted by Crippen LogP contribution is -2.60. The number of aliphatic hydroxyl groups excluding tert-OH is 8. The van der Waals surface area contributed by atoms with Gasteiger partial charge in [-0.2, -0.15) is 0 Å². The highest BCUT2D eigenvalue weighted by Gasteiger charge is 2.47. The fourth-order valence-electron chi connectivity index (χ4n) is 4.93. The molecule has 0 saturated carbocycles. The molecule has 0 aromatic heterocycles. The van der Waals surface area contributed by atoms with Crippen LogP contribution in [-0.2, 0) is 14.2 Å². The summed E-state index contributed by atoms with van der Waals surface area (Å²) in [5.74, 6) is -1.67. The SMILES string of the molecule is OC[C@H]1O[C@@H](Oc2cc(O)c3c(c2)OC(c2ccc(O)c(O)c2)C(O[C@@H]2O[C@H](CO)[C@@H](O)[C@@H](O)[C@@H]2O)=C3)[C@H](O)[C@@H](O)[C@@H]1O. The summed E-state index contributed by atoms with van der Waals surface area (Å²) in [6, 6.07) is 6.10. The van der Waals surface area contributed by atoms with E-state index in [-0.39, 0.29) is 28.4 Å². The monoisotopic (exact) mass is 612 g/mol. The molecule has 0 amide bonds. The van der Waals surface area contributed by atoms with E-state index in [1.807, 2.05) is 0 Å². The largest absolute Gasteiger partial charge is 0.507 e. The Bertz CT molecular complexity index is 1330. The molecule has 0 aliphatic carbocycles. The minimum Gasteiger partial charge on any atom is -0.507 e. The van der Waals surface area contributed by atoms with Crippen molar-refractivity contribution in [3.8, 4) is 28.7 Å². The van der Waals surface area contributed by atoms with Crippen LogP contribution in [0.3, 0.4) is 0 Å². The summed E-state index contributed by atoms with van der Waals surface area (Å²) in [5.41, 5.74) is 0.233. The molecule has 2 saturated heterocycles. The van der Waals surface area contributed by atoms with E-state index in [4.69, 9.17) is 23.7 Å². The molecule has 2 aromatic rings. The van der Waals surface area contributed by atoms with Crippen molar-refractivity contribution >= 4 is 6.08 Å². The quantitative estimate of drug-likeness (QED) is 0.142. The number of phenols is 3. The smallest absolute Gasteiger partial charge is 0.229 e. The highest BCUT2D eigenvalue weighted by atomic mass is 16.7. The third kappa shape index (κ3) is 5.89. The second-order valence-corrected chi connectivity index (χ2v) is 10.3. The number of hydrogen-bond donors (Lipinski definition) is 11. The molecule has 16 heteroatoms. The molecule has 11 atom stereocenters. The van der Waals surface area contributed by atoms with Crippen LogP contribution < -0.4 is 9.47 Å². The maximum Gasteiger partial charge on any atom is 0.229 e. The van der Waals surface area contributed by atoms with Gasteiger partial charge in [0.25, 0.3) is 0 Å². The third-order valence-corrected chi connectivity index (χ3v) is 7.39. The summed E-state index contributed by atoms with van der Waals surface area (Å²) in [6.07, 6.45) is -15.9. The molecule has 43 heavy (non-hydrogen) atoms. The number of hydrogen-bond acceptors (Lipinski definition) is 16. The van der Waals surface area contributed by atoms with Crippen LogP contribution in [0.1, 0.15) is 17.2 Å². The molecule has 3 aliphatic rings. The van der Waals surface area contributed by atoms with Crippen LogP contribution in [-0.4, -0.2) is 131 Å². The number of benzene rings is 2. The zero-order chi connectivity index (χ0) is 31.2. The lowest BCUT2D eigenvalue weighted by Gasteiger charge is -2.41. The van der Waals surface area contributed by atoms with Gasteiger partial charge in [0.15, 0.2) is 17.6 Å². The van der Waals surface area contributed by atoms with Gasteiger partial charge in [0.1, 0.15) is 71.8 Å². The van der Waals surface area contributed by atoms with Crippen molar-refractivity contribution in [2.45, 2.75) is 67.5 Å². The van der Waals surface area contributed by atoms with Crippen LogP contribution in [0.4, 0.5) is 0 Å². The van der Waals surface area contributed by atoms with Crippen LogP contribution in [0, 0.1) is 0 Å². The van der Waals surface area contributed by atoms with Crippen LogP contribution >= 0.6 is 0 Å². The molecule has 236 valence electrons. The van der Waals surface area contributed by atoms with E-state index in [2.05, 4.69) is 0 Å². The standard InChI is InChI=1S/C27H32O16/c28-7-17-19(33)21(35)23(37)26(42-17)39-10-4-13(31)11-6-16(41-27-24(38)22(36)20(34)18(8-29)43-27)25(40-15(11)5-10)9-1-2-12(30)14(32)3-9/h1-6,17-38H,7-8H2/t17-,18-,19-,20-,21+,22-,23-,24+,25?,26-,27-/m1/s1. The average Bonchev–Trinajstić information content (AvgIpc) is 2.99. The van der Waals surface area contributed by atoms with Crippen LogP contribution in [0.5, 0.6) is 28.7 Å². The van der Waals surface area contributed by atoms with Crippen molar-refractivity contribution in [3.63, 3.8) is 0 Å². The van der Waals surface area contributed by atoms with Gasteiger partial charge in [-0.3, -0.25) is 0 Å². The number of rotatable bonds is 7. The number of aromatic hydroxyl groups is 3. The second kappa shape index (κ2) is 12.3. The van der Waals surface area contributed by atoms with Gasteiger partial charge >= 0.3 is 0 Å². The van der Waals surface area contributed by atoms with Gasteiger partial charge in [0, 0.05) is 17.7 Å². The molecule has 0 bridgehead atoms. The zero-order valence-corrected chi connectivity index (χ0v) is 22.2. The Morgan fingerprint density at radius 3 is 1.77 bits per heavy atom. The number of aliphatic hydroxyl groups is 8. The fourth-order valence-corrected chi connectivity index (χ4v) is 4.93. The van der Waals surface area contributed by atoms with E-state index in [0.717, 1.165) is 12.1 Å². The normalized spacial score (nSPS) is 35.8. The van der Waals surface area contributed by atoms with E-state index in [0.29, 0.717) is 0 Å². The molecule has 3 aliphatic heterocycles. The number of phenolic OH excluding ortho intramolecular Hbond substituents is 3. The van der Waals surface area contributed by atoms with Gasteiger partial charge in [-0.25, -0.2) is 0 Å². The van der Waals surface area contributed by atoms with Gasteiger partial charge in [-0.05, 0) is 18.2 Å². The highest BCUT2D eigenvalue weighted by molar-refractivity contribution is 5.70. The van der Waals surface area contributed by atoms with Crippen molar-refractivity contribution in [2.24, 2.45) is 0 Å². The van der Waals surface area contributed by atoms with Crippen molar-refractivity contribution in [1.82, 2.24) is 0 Å². The molecular formula is C27H32O16. The Kier molecular flexibility index (Phi) is 8.87. The topological polar surface area (TPSA) is 269 Å². The maximum atomic E-state index is 10.8. The summed E-state index contributed by atoms with van der Waals surface area (Å²) in [6.45, 7) is -1.40. The Hall–Kier alpha value is -3.42. The van der Waals surface area contributed by atoms with Gasteiger partial charge < -0.3 is 79.9 Å². The Labute approximate surface area is 243 Å². The van der Waals surface area contributed by atoms with Crippen molar-refractivity contribution in [3.05, 3.63) is 47.2 Å². The lowest BCUT2D eigenvalue weighted by molar-refractivity contribution is -0.293. The first-order chi connectivity index (χ1) is 20.4. The second-order valence-electron chi connectivity index (χ2n) is 10.3. The summed E-state index contributed by atoms with van der Waals surface area (Å²) < 4.78 is 28.3. The molecule has 0 spiro atoms. The first kappa shape index (κ1) is 31.0. The third-order valence-electron chi connectivity index (χ3n) is 7.39. The zero-order valence-electron chi connectivity index (χ0n) is 22.2. The molecule has 2 fully saturated rings. The predicted octanol–water partition coefficient (Wildman–Crippen LogP) is -2.73. The predicted molar refractivity (Wildman–Crippen MR) is 138 cm³/mol. The fraction of sp³-hybridized carbons (Fsp3) is 0.481. The van der Waals surface area contributed by atoms with Crippen molar-refractivity contribution in [2.75, 3.05) is 13.2 Å². The highest BCUT2D eigenvalue weighted by Crippen LogP contribution is 2.46.